The number of para-hydroxylation sites is 1. The molecule has 0 aliphatic heterocycles. The number of hydrogen-bond acceptors (Lipinski definition) is 5. The molecule has 0 fully saturated rings. The van der Waals surface area contributed by atoms with E-state index in [1.54, 1.807) is 13.1 Å². The third-order valence-corrected chi connectivity index (χ3v) is 4.63. The molecule has 3 aromatic rings. The molecule has 2 aromatic carbocycles. The van der Waals surface area contributed by atoms with Crippen LogP contribution in [0.15, 0.2) is 65.3 Å². The molecule has 0 radical (unpaired) electrons. The van der Waals surface area contributed by atoms with Gasteiger partial charge in [-0.2, -0.15) is 5.10 Å². The van der Waals surface area contributed by atoms with Gasteiger partial charge in [0.1, 0.15) is 6.04 Å². The lowest BCUT2D eigenvalue weighted by Crippen LogP contribution is -2.34. The summed E-state index contributed by atoms with van der Waals surface area (Å²) >= 11 is 1.52. The highest BCUT2D eigenvalue weighted by atomic mass is 32.1. The number of allylic oxidation sites excluding steroid dienone is 1. The van der Waals surface area contributed by atoms with Crippen LogP contribution in [0.25, 0.3) is 16.3 Å². The van der Waals surface area contributed by atoms with Gasteiger partial charge in [0.05, 0.1) is 16.4 Å². The van der Waals surface area contributed by atoms with E-state index in [0.717, 1.165) is 26.5 Å². The van der Waals surface area contributed by atoms with Crippen molar-refractivity contribution in [3.8, 4) is 0 Å². The van der Waals surface area contributed by atoms with Crippen LogP contribution in [-0.2, 0) is 4.79 Å². The normalized spacial score (nSPS) is 13.1. The molecule has 5 nitrogen and oxygen atoms in total. The molecule has 6 heteroatoms. The third-order valence-electron chi connectivity index (χ3n) is 3.66. The van der Waals surface area contributed by atoms with Crippen LogP contribution in [0.4, 0.5) is 5.13 Å². The van der Waals surface area contributed by atoms with Crippen molar-refractivity contribution in [1.29, 1.82) is 0 Å². The van der Waals surface area contributed by atoms with E-state index in [2.05, 4.69) is 20.8 Å². The molecule has 0 bridgehead atoms. The van der Waals surface area contributed by atoms with Crippen LogP contribution < -0.4 is 10.7 Å². The molecule has 0 saturated heterocycles. The highest BCUT2D eigenvalue weighted by Crippen LogP contribution is 2.25. The number of rotatable bonds is 6. The van der Waals surface area contributed by atoms with Crippen molar-refractivity contribution in [2.24, 2.45) is 5.10 Å². The molecule has 0 saturated carbocycles. The number of nitrogens with one attached hydrogen (secondary N) is 2. The van der Waals surface area contributed by atoms with E-state index in [-0.39, 0.29) is 5.91 Å². The summed E-state index contributed by atoms with van der Waals surface area (Å²) in [5.41, 5.74) is 5.52. The predicted octanol–water partition coefficient (Wildman–Crippen LogP) is 4.30. The van der Waals surface area contributed by atoms with Gasteiger partial charge < -0.3 is 5.32 Å². The quantitative estimate of drug-likeness (QED) is 0.506. The van der Waals surface area contributed by atoms with Crippen molar-refractivity contribution >= 4 is 44.9 Å². The van der Waals surface area contributed by atoms with E-state index in [1.807, 2.05) is 67.6 Å². The highest BCUT2D eigenvalue weighted by molar-refractivity contribution is 7.22. The Morgan fingerprint density at radius 1 is 1.15 bits per heavy atom. The minimum Gasteiger partial charge on any atom is -0.350 e. The minimum atomic E-state index is -0.439. The monoisotopic (exact) mass is 364 g/mol. The second-order valence-corrected chi connectivity index (χ2v) is 6.92. The molecule has 2 N–H and O–H groups in total. The zero-order valence-electron chi connectivity index (χ0n) is 14.6. The van der Waals surface area contributed by atoms with Crippen LogP contribution >= 0.6 is 11.3 Å². The molecule has 1 atom stereocenters. The predicted molar refractivity (Wildman–Crippen MR) is 109 cm³/mol. The van der Waals surface area contributed by atoms with Crippen LogP contribution in [0, 0.1) is 0 Å². The SMILES string of the molecule is CC(/C=N\NC(=O)[C@H](C)Nc1nc2ccccc2s1)=C\c1ccccc1. The maximum atomic E-state index is 12.2. The summed E-state index contributed by atoms with van der Waals surface area (Å²) in [7, 11) is 0. The smallest absolute Gasteiger partial charge is 0.262 e. The summed E-state index contributed by atoms with van der Waals surface area (Å²) in [5, 5.41) is 7.86. The largest absolute Gasteiger partial charge is 0.350 e. The number of anilines is 1. The number of amides is 1. The first-order valence-corrected chi connectivity index (χ1v) is 9.12. The number of hydrazone groups is 1. The van der Waals surface area contributed by atoms with Crippen LogP contribution in [0.2, 0.25) is 0 Å². The average Bonchev–Trinajstić information content (AvgIpc) is 3.04. The first-order chi connectivity index (χ1) is 12.6. The second kappa shape index (κ2) is 8.40. The Labute approximate surface area is 156 Å². The lowest BCUT2D eigenvalue weighted by atomic mass is 10.1. The average molecular weight is 364 g/mol. The maximum Gasteiger partial charge on any atom is 0.262 e. The number of aromatic nitrogens is 1. The standard InChI is InChI=1S/C20H20N4OS/c1-14(12-16-8-4-3-5-9-16)13-21-24-19(25)15(2)22-20-23-17-10-6-7-11-18(17)26-20/h3-13,15H,1-2H3,(H,22,23)(H,24,25)/b14-12+,21-13-/t15-/m0/s1. The third kappa shape index (κ3) is 4.77. The highest BCUT2D eigenvalue weighted by Gasteiger charge is 2.13. The molecule has 0 unspecified atom stereocenters. The molecule has 3 rings (SSSR count). The molecule has 1 heterocycles. The van der Waals surface area contributed by atoms with Gasteiger partial charge in [-0.1, -0.05) is 59.9 Å². The molecule has 1 amide bonds. The Bertz CT molecular complexity index is 914. The van der Waals surface area contributed by atoms with Crippen LogP contribution in [0.1, 0.15) is 19.4 Å². The molecule has 0 aliphatic carbocycles. The fourth-order valence-electron chi connectivity index (χ4n) is 2.33. The summed E-state index contributed by atoms with van der Waals surface area (Å²) in [6, 6.07) is 17.4. The number of carbonyl (C=O) groups excluding carboxylic acids is 1. The fraction of sp³-hybridized carbons (Fsp3) is 0.150. The summed E-state index contributed by atoms with van der Waals surface area (Å²) in [6.45, 7) is 3.72. The van der Waals surface area contributed by atoms with Gasteiger partial charge >= 0.3 is 0 Å². The summed E-state index contributed by atoms with van der Waals surface area (Å²) in [5.74, 6) is -0.215. The van der Waals surface area contributed by atoms with Gasteiger partial charge in [0.15, 0.2) is 5.13 Å². The van der Waals surface area contributed by atoms with Gasteiger partial charge in [-0.25, -0.2) is 10.4 Å². The molecule has 0 aliphatic rings. The zero-order valence-corrected chi connectivity index (χ0v) is 15.5. The Morgan fingerprint density at radius 3 is 2.65 bits per heavy atom. The van der Waals surface area contributed by atoms with Crippen LogP contribution in [0.3, 0.4) is 0 Å². The molecular weight excluding hydrogens is 344 g/mol. The second-order valence-electron chi connectivity index (χ2n) is 5.89. The van der Waals surface area contributed by atoms with Crippen molar-refractivity contribution < 1.29 is 4.79 Å². The van der Waals surface area contributed by atoms with E-state index in [4.69, 9.17) is 0 Å². The van der Waals surface area contributed by atoms with Gasteiger partial charge in [-0.05, 0) is 37.1 Å². The Kier molecular flexibility index (Phi) is 5.76. The summed E-state index contributed by atoms with van der Waals surface area (Å²) < 4.78 is 1.09. The topological polar surface area (TPSA) is 66.4 Å². The number of thiazole rings is 1. The van der Waals surface area contributed by atoms with Gasteiger partial charge in [-0.3, -0.25) is 4.79 Å². The summed E-state index contributed by atoms with van der Waals surface area (Å²) in [6.07, 6.45) is 3.63. The number of fused-ring (bicyclic) bond motifs is 1. The number of hydrogen-bond donors (Lipinski definition) is 2. The van der Waals surface area contributed by atoms with E-state index in [1.165, 1.54) is 11.3 Å². The zero-order chi connectivity index (χ0) is 18.4. The molecular formula is C20H20N4OS. The molecule has 26 heavy (non-hydrogen) atoms. The van der Waals surface area contributed by atoms with Crippen LogP contribution in [-0.4, -0.2) is 23.1 Å². The fourth-order valence-corrected chi connectivity index (χ4v) is 3.28. The number of benzene rings is 2. The van der Waals surface area contributed by atoms with Crippen molar-refractivity contribution in [2.75, 3.05) is 5.32 Å². The maximum absolute atomic E-state index is 12.2. The number of carbonyl (C=O) groups is 1. The van der Waals surface area contributed by atoms with E-state index in [0.29, 0.717) is 0 Å². The van der Waals surface area contributed by atoms with Crippen LogP contribution in [0.5, 0.6) is 0 Å². The van der Waals surface area contributed by atoms with Gasteiger partial charge in [0, 0.05) is 0 Å². The van der Waals surface area contributed by atoms with Crippen molar-refractivity contribution in [1.82, 2.24) is 10.4 Å². The number of nitrogens with zero attached hydrogens (tertiary/aromatic N) is 2. The first kappa shape index (κ1) is 17.8. The molecule has 0 spiro atoms. The Hall–Kier alpha value is -2.99. The minimum absolute atomic E-state index is 0.215. The Morgan fingerprint density at radius 2 is 1.88 bits per heavy atom. The lowest BCUT2D eigenvalue weighted by molar-refractivity contribution is -0.121. The van der Waals surface area contributed by atoms with E-state index in [9.17, 15) is 4.79 Å². The van der Waals surface area contributed by atoms with Gasteiger partial charge in [0.2, 0.25) is 0 Å². The molecule has 132 valence electrons. The van der Waals surface area contributed by atoms with Crippen molar-refractivity contribution in [2.45, 2.75) is 19.9 Å². The Balaban J connectivity index is 1.54. The van der Waals surface area contributed by atoms with Crippen molar-refractivity contribution in [3.63, 3.8) is 0 Å². The van der Waals surface area contributed by atoms with E-state index >= 15 is 0 Å². The van der Waals surface area contributed by atoms with Gasteiger partial charge in [0.25, 0.3) is 5.91 Å². The van der Waals surface area contributed by atoms with Crippen molar-refractivity contribution in [3.05, 3.63) is 65.7 Å². The lowest BCUT2D eigenvalue weighted by Gasteiger charge is -2.10. The molecule has 1 aromatic heterocycles. The first-order valence-electron chi connectivity index (χ1n) is 8.30. The van der Waals surface area contributed by atoms with E-state index < -0.39 is 6.04 Å². The van der Waals surface area contributed by atoms with Gasteiger partial charge in [-0.15, -0.1) is 0 Å². The summed E-state index contributed by atoms with van der Waals surface area (Å²) in [4.78, 5) is 16.6.